The average molecular weight is 310 g/mol. The van der Waals surface area contributed by atoms with Crippen molar-refractivity contribution in [3.63, 3.8) is 0 Å². The SMILES string of the molecule is CCCCCCc1c(C(N)=O)ccc(C(N)=O)c1OP=O. The van der Waals surface area contributed by atoms with E-state index in [1.807, 2.05) is 0 Å². The number of hydrogen-bond acceptors (Lipinski definition) is 4. The van der Waals surface area contributed by atoms with E-state index in [-0.39, 0.29) is 16.9 Å². The van der Waals surface area contributed by atoms with Crippen LogP contribution in [0.25, 0.3) is 0 Å². The highest BCUT2D eigenvalue weighted by Crippen LogP contribution is 2.31. The van der Waals surface area contributed by atoms with Gasteiger partial charge in [0.2, 0.25) is 5.91 Å². The predicted molar refractivity (Wildman–Crippen MR) is 79.6 cm³/mol. The summed E-state index contributed by atoms with van der Waals surface area (Å²) in [7, 11) is -0.620. The number of carbonyl (C=O) groups excluding carboxylic acids is 2. The fraction of sp³-hybridized carbons (Fsp3) is 0.429. The minimum atomic E-state index is -0.709. The zero-order valence-electron chi connectivity index (χ0n) is 11.9. The molecule has 0 bridgehead atoms. The molecule has 1 aromatic carbocycles. The van der Waals surface area contributed by atoms with Gasteiger partial charge in [0.15, 0.2) is 5.75 Å². The fourth-order valence-corrected chi connectivity index (χ4v) is 2.45. The van der Waals surface area contributed by atoms with Crippen LogP contribution in [0.5, 0.6) is 5.75 Å². The second-order valence-corrected chi connectivity index (χ2v) is 5.00. The molecule has 1 aromatic rings. The van der Waals surface area contributed by atoms with E-state index in [0.717, 1.165) is 25.7 Å². The molecular formula is C14H19N2O4P. The average Bonchev–Trinajstić information content (AvgIpc) is 2.44. The molecule has 0 fully saturated rings. The molecule has 0 saturated heterocycles. The molecule has 0 radical (unpaired) electrons. The van der Waals surface area contributed by atoms with Gasteiger partial charge in [0, 0.05) is 11.1 Å². The first-order valence-electron chi connectivity index (χ1n) is 6.78. The van der Waals surface area contributed by atoms with Gasteiger partial charge in [-0.1, -0.05) is 26.2 Å². The van der Waals surface area contributed by atoms with Crippen molar-refractivity contribution in [2.45, 2.75) is 39.0 Å². The van der Waals surface area contributed by atoms with Crippen molar-refractivity contribution in [1.82, 2.24) is 0 Å². The van der Waals surface area contributed by atoms with Gasteiger partial charge in [-0.05, 0) is 25.0 Å². The number of carbonyl (C=O) groups is 2. The summed E-state index contributed by atoms with van der Waals surface area (Å²) >= 11 is 0. The topological polar surface area (TPSA) is 112 Å². The van der Waals surface area contributed by atoms with Gasteiger partial charge in [0.05, 0.1) is 5.56 Å². The van der Waals surface area contributed by atoms with E-state index in [1.54, 1.807) is 0 Å². The molecule has 0 aliphatic heterocycles. The van der Waals surface area contributed by atoms with Gasteiger partial charge in [-0.2, -0.15) is 0 Å². The lowest BCUT2D eigenvalue weighted by Gasteiger charge is -2.13. The Morgan fingerprint density at radius 3 is 2.24 bits per heavy atom. The molecule has 0 saturated carbocycles. The van der Waals surface area contributed by atoms with Crippen molar-refractivity contribution in [2.24, 2.45) is 11.5 Å². The van der Waals surface area contributed by atoms with E-state index in [4.69, 9.17) is 16.0 Å². The van der Waals surface area contributed by atoms with Crippen molar-refractivity contribution in [1.29, 1.82) is 0 Å². The van der Waals surface area contributed by atoms with Crippen LogP contribution < -0.4 is 16.0 Å². The molecule has 2 amide bonds. The van der Waals surface area contributed by atoms with Gasteiger partial charge in [-0.25, -0.2) is 4.57 Å². The summed E-state index contributed by atoms with van der Waals surface area (Å²) in [5, 5.41) is 0. The first-order chi connectivity index (χ1) is 10.0. The highest BCUT2D eigenvalue weighted by atomic mass is 31.1. The summed E-state index contributed by atoms with van der Waals surface area (Å²) in [6.07, 6.45) is 4.43. The van der Waals surface area contributed by atoms with E-state index >= 15 is 0 Å². The second-order valence-electron chi connectivity index (χ2n) is 4.67. The highest BCUT2D eigenvalue weighted by molar-refractivity contribution is 7.17. The standard InChI is InChI=1S/C14H19N2O4P/c1-2-3-4-5-6-9-10(13(15)17)7-8-11(14(16)18)12(9)20-21-19/h7-8H,2-6H2,1H3,(H2,15,17)(H2,16,18). The first-order valence-corrected chi connectivity index (χ1v) is 7.51. The lowest BCUT2D eigenvalue weighted by molar-refractivity contribution is 0.0986. The maximum absolute atomic E-state index is 11.5. The van der Waals surface area contributed by atoms with Crippen LogP contribution in [-0.4, -0.2) is 11.8 Å². The van der Waals surface area contributed by atoms with Crippen molar-refractivity contribution >= 4 is 20.5 Å². The molecule has 0 heterocycles. The third-order valence-electron chi connectivity index (χ3n) is 3.20. The molecule has 4 N–H and O–H groups in total. The van der Waals surface area contributed by atoms with Crippen molar-refractivity contribution in [3.05, 3.63) is 28.8 Å². The predicted octanol–water partition coefficient (Wildman–Crippen LogP) is 2.59. The smallest absolute Gasteiger partial charge is 0.395 e. The van der Waals surface area contributed by atoms with Crippen LogP contribution in [0.1, 0.15) is 58.9 Å². The monoisotopic (exact) mass is 310 g/mol. The third kappa shape index (κ3) is 4.53. The summed E-state index contributed by atoms with van der Waals surface area (Å²) in [5.74, 6) is -1.25. The summed E-state index contributed by atoms with van der Waals surface area (Å²) < 4.78 is 15.8. The maximum atomic E-state index is 11.5. The largest absolute Gasteiger partial charge is 0.406 e. The van der Waals surface area contributed by atoms with Gasteiger partial charge in [0.1, 0.15) is 0 Å². The molecule has 7 heteroatoms. The number of primary amides is 2. The second kappa shape index (κ2) is 8.37. The Hall–Kier alpha value is -1.94. The van der Waals surface area contributed by atoms with Crippen LogP contribution in [0, 0.1) is 0 Å². The Balaban J connectivity index is 3.23. The van der Waals surface area contributed by atoms with Crippen molar-refractivity contribution in [2.75, 3.05) is 0 Å². The molecule has 1 rings (SSSR count). The van der Waals surface area contributed by atoms with Crippen LogP contribution in [0.4, 0.5) is 0 Å². The van der Waals surface area contributed by atoms with Crippen molar-refractivity contribution in [3.8, 4) is 5.75 Å². The number of benzene rings is 1. The van der Waals surface area contributed by atoms with Crippen LogP contribution in [-0.2, 0) is 11.0 Å². The molecule has 6 nitrogen and oxygen atoms in total. The molecule has 0 unspecified atom stereocenters. The van der Waals surface area contributed by atoms with Crippen LogP contribution >= 0.6 is 8.69 Å². The number of nitrogens with two attached hydrogens (primary N) is 2. The van der Waals surface area contributed by atoms with E-state index < -0.39 is 20.5 Å². The van der Waals surface area contributed by atoms with Gasteiger partial charge < -0.3 is 16.0 Å². The normalized spacial score (nSPS) is 10.5. The van der Waals surface area contributed by atoms with E-state index in [0.29, 0.717) is 12.0 Å². The Kier molecular flexibility index (Phi) is 6.82. The fourth-order valence-electron chi connectivity index (χ4n) is 2.17. The zero-order chi connectivity index (χ0) is 15.8. The van der Waals surface area contributed by atoms with Crippen molar-refractivity contribution < 1.29 is 18.7 Å². The quantitative estimate of drug-likeness (QED) is 0.539. The minimum absolute atomic E-state index is 0.0759. The van der Waals surface area contributed by atoms with E-state index in [9.17, 15) is 14.2 Å². The van der Waals surface area contributed by atoms with Crippen LogP contribution in [0.2, 0.25) is 0 Å². The molecule has 114 valence electrons. The Morgan fingerprint density at radius 1 is 1.10 bits per heavy atom. The van der Waals surface area contributed by atoms with E-state index in [1.165, 1.54) is 12.1 Å². The minimum Gasteiger partial charge on any atom is -0.406 e. The Bertz CT molecular complexity index is 546. The molecule has 0 aliphatic rings. The van der Waals surface area contributed by atoms with Gasteiger partial charge in [0.25, 0.3) is 5.91 Å². The van der Waals surface area contributed by atoms with Gasteiger partial charge >= 0.3 is 8.69 Å². The number of amides is 2. The Labute approximate surface area is 125 Å². The molecular weight excluding hydrogens is 291 g/mol. The Morgan fingerprint density at radius 2 is 1.71 bits per heavy atom. The third-order valence-corrected chi connectivity index (χ3v) is 3.46. The summed E-state index contributed by atoms with van der Waals surface area (Å²) in [6.45, 7) is 2.09. The van der Waals surface area contributed by atoms with Gasteiger partial charge in [-0.15, -0.1) is 0 Å². The van der Waals surface area contributed by atoms with Crippen LogP contribution in [0.15, 0.2) is 12.1 Å². The van der Waals surface area contributed by atoms with Gasteiger partial charge in [-0.3, -0.25) is 9.59 Å². The summed E-state index contributed by atoms with van der Waals surface area (Å²) in [4.78, 5) is 22.9. The summed E-state index contributed by atoms with van der Waals surface area (Å²) in [5.41, 5.74) is 11.5. The maximum Gasteiger partial charge on any atom is 0.395 e. The number of unbranched alkanes of at least 4 members (excludes halogenated alkanes) is 3. The molecule has 0 spiro atoms. The first kappa shape index (κ1) is 17.1. The lowest BCUT2D eigenvalue weighted by Crippen LogP contribution is -2.18. The number of hydrogen-bond donors (Lipinski definition) is 2. The number of rotatable bonds is 9. The summed E-state index contributed by atoms with van der Waals surface area (Å²) in [6, 6.07) is 2.81. The van der Waals surface area contributed by atoms with E-state index in [2.05, 4.69) is 6.92 Å². The lowest BCUT2D eigenvalue weighted by atomic mass is 9.96. The van der Waals surface area contributed by atoms with Crippen LogP contribution in [0.3, 0.4) is 0 Å². The molecule has 0 atom stereocenters. The zero-order valence-corrected chi connectivity index (χ0v) is 12.8. The molecule has 21 heavy (non-hydrogen) atoms. The highest BCUT2D eigenvalue weighted by Gasteiger charge is 2.20. The molecule has 0 aliphatic carbocycles. The molecule has 0 aromatic heterocycles.